The smallest absolute Gasteiger partial charge is 0.305 e. The van der Waals surface area contributed by atoms with E-state index in [9.17, 15) is 15.0 Å². The van der Waals surface area contributed by atoms with E-state index in [0.29, 0.717) is 0 Å². The maximum atomic E-state index is 10.8. The molecular weight excluding hydrogens is 204 g/mol. The van der Waals surface area contributed by atoms with Gasteiger partial charge in [-0.1, -0.05) is 6.92 Å². The highest BCUT2D eigenvalue weighted by molar-refractivity contribution is 5.68. The van der Waals surface area contributed by atoms with E-state index in [-0.39, 0.29) is 19.6 Å². The molecule has 0 aromatic rings. The van der Waals surface area contributed by atoms with Crippen LogP contribution in [0.25, 0.3) is 0 Å². The van der Waals surface area contributed by atoms with Gasteiger partial charge in [0.1, 0.15) is 31.0 Å². The van der Waals surface area contributed by atoms with Crippen molar-refractivity contribution in [3.8, 4) is 0 Å². The average molecular weight is 220 g/mol. The first-order chi connectivity index (χ1) is 7.06. The fraction of sp³-hybridized carbons (Fsp3) is 0.889. The molecule has 0 aromatic carbocycles. The van der Waals surface area contributed by atoms with Crippen molar-refractivity contribution >= 4 is 5.97 Å². The lowest BCUT2D eigenvalue weighted by Crippen LogP contribution is -2.54. The molecule has 4 atom stereocenters. The van der Waals surface area contributed by atoms with Crippen LogP contribution in [0.4, 0.5) is 0 Å². The van der Waals surface area contributed by atoms with Crippen molar-refractivity contribution in [3.63, 3.8) is 0 Å². The number of esters is 1. The third-order valence-electron chi connectivity index (χ3n) is 2.30. The van der Waals surface area contributed by atoms with Gasteiger partial charge in [0.15, 0.2) is 0 Å². The van der Waals surface area contributed by atoms with Crippen LogP contribution >= 0.6 is 0 Å². The molecule has 0 radical (unpaired) electrons. The van der Waals surface area contributed by atoms with E-state index in [1.54, 1.807) is 6.92 Å². The van der Waals surface area contributed by atoms with Crippen molar-refractivity contribution in [2.45, 2.75) is 37.8 Å². The van der Waals surface area contributed by atoms with Gasteiger partial charge in [-0.05, 0) is 0 Å². The lowest BCUT2D eigenvalue weighted by atomic mass is 10.0. The molecule has 1 aliphatic heterocycles. The Morgan fingerprint density at radius 2 is 2.07 bits per heavy atom. The first kappa shape index (κ1) is 12.4. The molecule has 0 bridgehead atoms. The normalized spacial score (nSPS) is 36.3. The highest BCUT2D eigenvalue weighted by Crippen LogP contribution is 2.15. The predicted octanol–water partition coefficient (Wildman–Crippen LogP) is -1.58. The van der Waals surface area contributed by atoms with Crippen LogP contribution in [0.5, 0.6) is 0 Å². The van der Waals surface area contributed by atoms with Crippen LogP contribution in [0.3, 0.4) is 0 Å². The molecule has 1 aliphatic rings. The number of aliphatic hydroxyl groups excluding tert-OH is 3. The Hall–Kier alpha value is -0.690. The Balaban J connectivity index is 2.39. The minimum atomic E-state index is -1.26. The van der Waals surface area contributed by atoms with E-state index in [4.69, 9.17) is 14.6 Å². The third kappa shape index (κ3) is 3.13. The zero-order chi connectivity index (χ0) is 11.4. The lowest BCUT2D eigenvalue weighted by Gasteiger charge is -2.34. The van der Waals surface area contributed by atoms with Crippen LogP contribution < -0.4 is 0 Å². The van der Waals surface area contributed by atoms with Crippen LogP contribution in [0.1, 0.15) is 13.3 Å². The maximum Gasteiger partial charge on any atom is 0.305 e. The summed E-state index contributed by atoms with van der Waals surface area (Å²) in [7, 11) is 0. The number of aliphatic hydroxyl groups is 3. The van der Waals surface area contributed by atoms with Gasteiger partial charge in [0.05, 0.1) is 6.61 Å². The van der Waals surface area contributed by atoms with E-state index in [0.717, 1.165) is 0 Å². The summed E-state index contributed by atoms with van der Waals surface area (Å²) in [5.41, 5.74) is 0. The Labute approximate surface area is 87.4 Å². The summed E-state index contributed by atoms with van der Waals surface area (Å²) < 4.78 is 9.80. The van der Waals surface area contributed by atoms with Gasteiger partial charge in [-0.25, -0.2) is 0 Å². The number of hydrogen-bond acceptors (Lipinski definition) is 6. The van der Waals surface area contributed by atoms with Crippen molar-refractivity contribution in [1.29, 1.82) is 0 Å². The van der Waals surface area contributed by atoms with Gasteiger partial charge in [-0.2, -0.15) is 0 Å². The molecular formula is C9H16O6. The van der Waals surface area contributed by atoms with Crippen molar-refractivity contribution in [2.24, 2.45) is 0 Å². The number of hydrogen-bond donors (Lipinski definition) is 3. The van der Waals surface area contributed by atoms with Crippen LogP contribution in [-0.4, -0.2) is 58.9 Å². The molecule has 6 nitrogen and oxygen atoms in total. The molecule has 3 N–H and O–H groups in total. The molecule has 1 rings (SSSR count). The van der Waals surface area contributed by atoms with Gasteiger partial charge >= 0.3 is 5.97 Å². The monoisotopic (exact) mass is 220 g/mol. The molecule has 1 heterocycles. The second-order valence-corrected chi connectivity index (χ2v) is 3.46. The molecule has 0 saturated carbocycles. The van der Waals surface area contributed by atoms with Crippen LogP contribution in [0, 0.1) is 0 Å². The van der Waals surface area contributed by atoms with Crippen LogP contribution in [0.15, 0.2) is 0 Å². The first-order valence-electron chi connectivity index (χ1n) is 4.87. The van der Waals surface area contributed by atoms with E-state index < -0.39 is 30.4 Å². The zero-order valence-electron chi connectivity index (χ0n) is 8.50. The molecule has 4 unspecified atom stereocenters. The van der Waals surface area contributed by atoms with Gasteiger partial charge in [0.25, 0.3) is 0 Å². The minimum absolute atomic E-state index is 0.0768. The van der Waals surface area contributed by atoms with Crippen LogP contribution in [-0.2, 0) is 14.3 Å². The van der Waals surface area contributed by atoms with E-state index >= 15 is 0 Å². The molecule has 88 valence electrons. The first-order valence-corrected chi connectivity index (χ1v) is 4.87. The molecule has 15 heavy (non-hydrogen) atoms. The highest BCUT2D eigenvalue weighted by Gasteiger charge is 2.37. The quantitative estimate of drug-likeness (QED) is 0.497. The van der Waals surface area contributed by atoms with Gasteiger partial charge < -0.3 is 24.8 Å². The molecule has 6 heteroatoms. The summed E-state index contributed by atoms with van der Waals surface area (Å²) in [6.07, 6.45) is -4.13. The standard InChI is InChI=1S/C9H16O6/c1-2-7(11)15-4-6-9(13)8(12)5(10)3-14-6/h5-6,8-10,12-13H,2-4H2,1H3. The fourth-order valence-electron chi connectivity index (χ4n) is 1.29. The topological polar surface area (TPSA) is 96.2 Å². The number of carbonyl (C=O) groups excluding carboxylic acids is 1. The highest BCUT2D eigenvalue weighted by atomic mass is 16.6. The Morgan fingerprint density at radius 3 is 2.67 bits per heavy atom. The van der Waals surface area contributed by atoms with Gasteiger partial charge in [-0.15, -0.1) is 0 Å². The van der Waals surface area contributed by atoms with Crippen molar-refractivity contribution < 1.29 is 29.6 Å². The SMILES string of the molecule is CCC(=O)OCC1OCC(O)C(O)C1O. The van der Waals surface area contributed by atoms with Crippen molar-refractivity contribution in [3.05, 3.63) is 0 Å². The summed E-state index contributed by atoms with van der Waals surface area (Å²) in [6, 6.07) is 0. The largest absolute Gasteiger partial charge is 0.463 e. The number of ether oxygens (including phenoxy) is 2. The summed E-state index contributed by atoms with van der Waals surface area (Å²) in [5, 5.41) is 27.9. The van der Waals surface area contributed by atoms with Crippen molar-refractivity contribution in [2.75, 3.05) is 13.2 Å². The average Bonchev–Trinajstić information content (AvgIpc) is 2.24. The summed E-state index contributed by atoms with van der Waals surface area (Å²) in [4.78, 5) is 10.8. The molecule has 0 aliphatic carbocycles. The van der Waals surface area contributed by atoms with E-state index in [2.05, 4.69) is 0 Å². The predicted molar refractivity (Wildman–Crippen MR) is 49.0 cm³/mol. The van der Waals surface area contributed by atoms with Crippen molar-refractivity contribution in [1.82, 2.24) is 0 Å². The summed E-state index contributed by atoms with van der Waals surface area (Å²) in [5.74, 6) is -0.397. The number of carbonyl (C=O) groups is 1. The number of rotatable bonds is 3. The minimum Gasteiger partial charge on any atom is -0.463 e. The fourth-order valence-corrected chi connectivity index (χ4v) is 1.29. The Morgan fingerprint density at radius 1 is 1.40 bits per heavy atom. The van der Waals surface area contributed by atoms with E-state index in [1.165, 1.54) is 0 Å². The van der Waals surface area contributed by atoms with Gasteiger partial charge in [0.2, 0.25) is 0 Å². The zero-order valence-corrected chi connectivity index (χ0v) is 8.50. The maximum absolute atomic E-state index is 10.8. The molecule has 1 saturated heterocycles. The van der Waals surface area contributed by atoms with Gasteiger partial charge in [0, 0.05) is 6.42 Å². The summed E-state index contributed by atoms with van der Waals surface area (Å²) >= 11 is 0. The Kier molecular flexibility index (Phi) is 4.46. The second-order valence-electron chi connectivity index (χ2n) is 3.46. The Bertz CT molecular complexity index is 219. The molecule has 0 amide bonds. The molecule has 1 fully saturated rings. The van der Waals surface area contributed by atoms with Crippen LogP contribution in [0.2, 0.25) is 0 Å². The molecule has 0 spiro atoms. The second kappa shape index (κ2) is 5.41. The van der Waals surface area contributed by atoms with E-state index in [1.807, 2.05) is 0 Å². The summed E-state index contributed by atoms with van der Waals surface area (Å²) in [6.45, 7) is 1.46. The lowest BCUT2D eigenvalue weighted by molar-refractivity contribution is -0.201. The third-order valence-corrected chi connectivity index (χ3v) is 2.30. The van der Waals surface area contributed by atoms with Gasteiger partial charge in [-0.3, -0.25) is 4.79 Å². The molecule has 0 aromatic heterocycles.